The largest absolute Gasteiger partial charge is 0.313 e. The van der Waals surface area contributed by atoms with E-state index in [0.717, 1.165) is 11.1 Å². The molecule has 2 nitrogen and oxygen atoms in total. The monoisotopic (exact) mass is 269 g/mol. The van der Waals surface area contributed by atoms with Crippen molar-refractivity contribution in [2.45, 2.75) is 39.3 Å². The lowest BCUT2D eigenvalue weighted by atomic mass is 9.94. The van der Waals surface area contributed by atoms with Crippen molar-refractivity contribution in [1.82, 2.24) is 5.06 Å². The van der Waals surface area contributed by atoms with Gasteiger partial charge in [-0.3, -0.25) is 0 Å². The van der Waals surface area contributed by atoms with Gasteiger partial charge in [0.15, 0.2) is 0 Å². The first-order valence-corrected chi connectivity index (χ1v) is 6.99. The summed E-state index contributed by atoms with van der Waals surface area (Å²) in [6, 6.07) is 18.3. The molecule has 0 aliphatic carbocycles. The maximum Gasteiger partial charge on any atom is 0.0855 e. The lowest BCUT2D eigenvalue weighted by Crippen LogP contribution is -2.41. The van der Waals surface area contributed by atoms with Crippen LogP contribution in [-0.4, -0.2) is 15.8 Å². The van der Waals surface area contributed by atoms with Crippen LogP contribution in [0.25, 0.3) is 0 Å². The predicted octanol–water partition coefficient (Wildman–Crippen LogP) is 4.57. The van der Waals surface area contributed by atoms with E-state index in [4.69, 9.17) is 0 Å². The molecule has 0 spiro atoms. The summed E-state index contributed by atoms with van der Waals surface area (Å²) in [6.45, 7) is 8.10. The fraction of sp³-hybridized carbons (Fsp3) is 0.333. The van der Waals surface area contributed by atoms with Gasteiger partial charge in [0.1, 0.15) is 0 Å². The van der Waals surface area contributed by atoms with Gasteiger partial charge in [-0.15, -0.1) is 0 Å². The second-order valence-corrected chi connectivity index (χ2v) is 6.24. The van der Waals surface area contributed by atoms with Crippen LogP contribution < -0.4 is 0 Å². The minimum Gasteiger partial charge on any atom is -0.313 e. The average molecular weight is 269 g/mol. The molecule has 0 aromatic heterocycles. The van der Waals surface area contributed by atoms with Gasteiger partial charge in [0.05, 0.1) is 6.04 Å². The van der Waals surface area contributed by atoms with Gasteiger partial charge in [-0.1, -0.05) is 60.2 Å². The molecule has 0 saturated heterocycles. The summed E-state index contributed by atoms with van der Waals surface area (Å²) in [7, 11) is 0. The van der Waals surface area contributed by atoms with Gasteiger partial charge in [0, 0.05) is 5.54 Å². The van der Waals surface area contributed by atoms with Crippen molar-refractivity contribution in [3.8, 4) is 0 Å². The Kier molecular flexibility index (Phi) is 4.26. The lowest BCUT2D eigenvalue weighted by Gasteiger charge is -2.37. The van der Waals surface area contributed by atoms with Crippen LogP contribution in [-0.2, 0) is 0 Å². The Hall–Kier alpha value is -1.64. The highest BCUT2D eigenvalue weighted by Gasteiger charge is 2.29. The van der Waals surface area contributed by atoms with E-state index in [1.165, 1.54) is 10.6 Å². The molecule has 0 radical (unpaired) electrons. The van der Waals surface area contributed by atoms with Gasteiger partial charge >= 0.3 is 0 Å². The molecule has 106 valence electrons. The SMILES string of the molecule is Cc1ccc([C@@H](c2ccccc2)N(O)C(C)(C)C)cc1. The van der Waals surface area contributed by atoms with Crippen molar-refractivity contribution in [3.05, 3.63) is 71.3 Å². The minimum absolute atomic E-state index is 0.156. The molecular formula is C18H23NO. The van der Waals surface area contributed by atoms with Crippen molar-refractivity contribution in [2.75, 3.05) is 0 Å². The topological polar surface area (TPSA) is 23.5 Å². The van der Waals surface area contributed by atoms with Crippen LogP contribution in [0.3, 0.4) is 0 Å². The van der Waals surface area contributed by atoms with Crippen LogP contribution in [0.5, 0.6) is 0 Å². The van der Waals surface area contributed by atoms with Crippen LogP contribution in [0.1, 0.15) is 43.5 Å². The summed E-state index contributed by atoms with van der Waals surface area (Å²) < 4.78 is 0. The molecule has 0 saturated carbocycles. The molecule has 0 heterocycles. The molecule has 2 aromatic rings. The van der Waals surface area contributed by atoms with E-state index in [9.17, 15) is 5.21 Å². The highest BCUT2D eigenvalue weighted by atomic mass is 16.5. The molecular weight excluding hydrogens is 246 g/mol. The molecule has 1 atom stereocenters. The second-order valence-electron chi connectivity index (χ2n) is 6.24. The highest BCUT2D eigenvalue weighted by Crippen LogP contribution is 2.32. The summed E-state index contributed by atoms with van der Waals surface area (Å²) in [5, 5.41) is 12.1. The molecule has 2 aromatic carbocycles. The highest BCUT2D eigenvalue weighted by molar-refractivity contribution is 5.33. The molecule has 0 amide bonds. The summed E-state index contributed by atoms with van der Waals surface area (Å²) in [4.78, 5) is 0. The number of nitrogens with zero attached hydrogens (tertiary/aromatic N) is 1. The molecule has 20 heavy (non-hydrogen) atoms. The Labute approximate surface area is 121 Å². The zero-order valence-electron chi connectivity index (χ0n) is 12.7. The third kappa shape index (κ3) is 3.27. The number of aryl methyl sites for hydroxylation is 1. The smallest absolute Gasteiger partial charge is 0.0855 e. The molecule has 2 rings (SSSR count). The van der Waals surface area contributed by atoms with Crippen LogP contribution >= 0.6 is 0 Å². The van der Waals surface area contributed by atoms with Gasteiger partial charge in [-0.05, 0) is 38.8 Å². The summed E-state index contributed by atoms with van der Waals surface area (Å²) in [6.07, 6.45) is 0. The summed E-state index contributed by atoms with van der Waals surface area (Å²) in [5.74, 6) is 0. The average Bonchev–Trinajstić information content (AvgIpc) is 2.41. The van der Waals surface area contributed by atoms with E-state index in [1.54, 1.807) is 0 Å². The third-order valence-corrected chi connectivity index (χ3v) is 3.44. The van der Waals surface area contributed by atoms with Crippen molar-refractivity contribution >= 4 is 0 Å². The molecule has 0 unspecified atom stereocenters. The zero-order valence-corrected chi connectivity index (χ0v) is 12.7. The number of benzene rings is 2. The van der Waals surface area contributed by atoms with E-state index in [0.29, 0.717) is 0 Å². The molecule has 1 N–H and O–H groups in total. The minimum atomic E-state index is -0.328. The van der Waals surface area contributed by atoms with Crippen LogP contribution in [0.15, 0.2) is 54.6 Å². The van der Waals surface area contributed by atoms with Crippen LogP contribution in [0.2, 0.25) is 0 Å². The van der Waals surface area contributed by atoms with E-state index in [1.807, 2.05) is 39.0 Å². The Bertz CT molecular complexity index is 540. The lowest BCUT2D eigenvalue weighted by molar-refractivity contribution is -0.179. The maximum absolute atomic E-state index is 10.7. The van der Waals surface area contributed by atoms with Gasteiger partial charge < -0.3 is 5.21 Å². The Balaban J connectivity index is 2.47. The molecule has 0 bridgehead atoms. The van der Waals surface area contributed by atoms with Crippen molar-refractivity contribution in [3.63, 3.8) is 0 Å². The first-order valence-electron chi connectivity index (χ1n) is 6.99. The van der Waals surface area contributed by atoms with E-state index in [-0.39, 0.29) is 11.6 Å². The normalized spacial score (nSPS) is 13.5. The van der Waals surface area contributed by atoms with Crippen LogP contribution in [0, 0.1) is 6.92 Å². The Morgan fingerprint density at radius 2 is 1.35 bits per heavy atom. The second kappa shape index (κ2) is 5.78. The maximum atomic E-state index is 10.7. The quantitative estimate of drug-likeness (QED) is 0.825. The molecule has 0 aliphatic rings. The summed E-state index contributed by atoms with van der Waals surface area (Å²) >= 11 is 0. The van der Waals surface area contributed by atoms with Crippen molar-refractivity contribution in [2.24, 2.45) is 0 Å². The fourth-order valence-corrected chi connectivity index (χ4v) is 2.25. The van der Waals surface area contributed by atoms with E-state index < -0.39 is 0 Å². The first kappa shape index (κ1) is 14.8. The zero-order chi connectivity index (χ0) is 14.8. The molecule has 2 heteroatoms. The fourth-order valence-electron chi connectivity index (χ4n) is 2.25. The van der Waals surface area contributed by atoms with Gasteiger partial charge in [-0.25, -0.2) is 0 Å². The predicted molar refractivity (Wildman–Crippen MR) is 82.8 cm³/mol. The number of hydrogen-bond acceptors (Lipinski definition) is 2. The number of hydroxylamine groups is 2. The molecule has 0 aliphatic heterocycles. The first-order chi connectivity index (χ1) is 9.39. The van der Waals surface area contributed by atoms with E-state index in [2.05, 4.69) is 43.3 Å². The molecule has 0 fully saturated rings. The third-order valence-electron chi connectivity index (χ3n) is 3.44. The Morgan fingerprint density at radius 3 is 1.85 bits per heavy atom. The van der Waals surface area contributed by atoms with E-state index >= 15 is 0 Å². The number of hydrogen-bond donors (Lipinski definition) is 1. The van der Waals surface area contributed by atoms with Crippen molar-refractivity contribution < 1.29 is 5.21 Å². The van der Waals surface area contributed by atoms with Gasteiger partial charge in [0.25, 0.3) is 0 Å². The van der Waals surface area contributed by atoms with Gasteiger partial charge in [0.2, 0.25) is 0 Å². The van der Waals surface area contributed by atoms with Crippen LogP contribution in [0.4, 0.5) is 0 Å². The number of rotatable bonds is 3. The van der Waals surface area contributed by atoms with Crippen molar-refractivity contribution in [1.29, 1.82) is 0 Å². The Morgan fingerprint density at radius 1 is 0.850 bits per heavy atom. The van der Waals surface area contributed by atoms with Gasteiger partial charge in [-0.2, -0.15) is 5.06 Å². The summed E-state index contributed by atoms with van der Waals surface area (Å²) in [5.41, 5.74) is 3.08. The standard InChI is InChI=1S/C18H23NO/c1-14-10-12-16(13-11-14)17(19(20)18(2,3)4)15-8-6-5-7-9-15/h5-13,17,20H,1-4H3/t17-/m1/s1.